The van der Waals surface area contributed by atoms with Gasteiger partial charge in [-0.15, -0.1) is 0 Å². The Morgan fingerprint density at radius 1 is 1.17 bits per heavy atom. The standard InChI is InChI=1S/C14H21O3S/c1-4-12(5-2)11-17-13-7-9-14(10-8-13)18(15,16)6-3/h7-10,12H,3-6,11H2,1-2H3. The van der Waals surface area contributed by atoms with E-state index >= 15 is 0 Å². The number of benzene rings is 1. The summed E-state index contributed by atoms with van der Waals surface area (Å²) in [4.78, 5) is 0.299. The lowest BCUT2D eigenvalue weighted by Crippen LogP contribution is -2.10. The molecule has 0 atom stereocenters. The van der Waals surface area contributed by atoms with Crippen LogP contribution in [0.4, 0.5) is 0 Å². The van der Waals surface area contributed by atoms with E-state index in [1.807, 2.05) is 0 Å². The second-order valence-electron chi connectivity index (χ2n) is 4.28. The zero-order chi connectivity index (χ0) is 13.6. The molecule has 0 amide bonds. The second-order valence-corrected chi connectivity index (χ2v) is 6.39. The molecule has 0 aliphatic carbocycles. The third-order valence-electron chi connectivity index (χ3n) is 3.09. The molecule has 18 heavy (non-hydrogen) atoms. The van der Waals surface area contributed by atoms with Gasteiger partial charge in [-0.05, 0) is 37.1 Å². The van der Waals surface area contributed by atoms with Crippen molar-refractivity contribution < 1.29 is 13.2 Å². The van der Waals surface area contributed by atoms with Gasteiger partial charge in [0.1, 0.15) is 5.75 Å². The van der Waals surface area contributed by atoms with Crippen molar-refractivity contribution in [3.63, 3.8) is 0 Å². The van der Waals surface area contributed by atoms with Crippen molar-refractivity contribution >= 4 is 9.84 Å². The topological polar surface area (TPSA) is 43.4 Å². The molecule has 0 aliphatic heterocycles. The van der Waals surface area contributed by atoms with Crippen LogP contribution in [0.15, 0.2) is 29.2 Å². The molecule has 0 N–H and O–H groups in total. The van der Waals surface area contributed by atoms with Gasteiger partial charge >= 0.3 is 0 Å². The van der Waals surface area contributed by atoms with Gasteiger partial charge in [-0.1, -0.05) is 26.7 Å². The average molecular weight is 269 g/mol. The first kappa shape index (κ1) is 15.0. The number of hydrogen-bond donors (Lipinski definition) is 0. The van der Waals surface area contributed by atoms with Crippen molar-refractivity contribution in [1.29, 1.82) is 0 Å². The Bertz CT molecular complexity index is 444. The van der Waals surface area contributed by atoms with Crippen LogP contribution < -0.4 is 4.74 Å². The van der Waals surface area contributed by atoms with E-state index in [0.29, 0.717) is 23.2 Å². The minimum Gasteiger partial charge on any atom is -0.493 e. The molecular formula is C14H21O3S. The molecule has 3 nitrogen and oxygen atoms in total. The Morgan fingerprint density at radius 2 is 1.72 bits per heavy atom. The summed E-state index contributed by atoms with van der Waals surface area (Å²) in [5, 5.41) is 0. The fourth-order valence-corrected chi connectivity index (χ4v) is 2.39. The van der Waals surface area contributed by atoms with E-state index in [4.69, 9.17) is 4.74 Å². The summed E-state index contributed by atoms with van der Waals surface area (Å²) in [5.74, 6) is 1.14. The predicted octanol–water partition coefficient (Wildman–Crippen LogP) is 3.11. The molecule has 1 radical (unpaired) electrons. The fourth-order valence-electron chi connectivity index (χ4n) is 1.60. The molecule has 0 aromatic heterocycles. The Balaban J connectivity index is 2.67. The third-order valence-corrected chi connectivity index (χ3v) is 4.62. The van der Waals surface area contributed by atoms with E-state index in [-0.39, 0.29) is 5.75 Å². The Labute approximate surface area is 110 Å². The number of ether oxygens (including phenoxy) is 1. The Morgan fingerprint density at radius 3 is 2.17 bits per heavy atom. The van der Waals surface area contributed by atoms with E-state index in [2.05, 4.69) is 20.8 Å². The highest BCUT2D eigenvalue weighted by molar-refractivity contribution is 7.91. The van der Waals surface area contributed by atoms with Crippen LogP contribution in [-0.4, -0.2) is 20.8 Å². The second kappa shape index (κ2) is 6.78. The van der Waals surface area contributed by atoms with Gasteiger partial charge in [0.25, 0.3) is 0 Å². The summed E-state index contributed by atoms with van der Waals surface area (Å²) in [6.45, 7) is 8.37. The first-order valence-electron chi connectivity index (χ1n) is 6.28. The van der Waals surface area contributed by atoms with Gasteiger partial charge < -0.3 is 4.74 Å². The van der Waals surface area contributed by atoms with Crippen molar-refractivity contribution in [2.24, 2.45) is 5.92 Å². The van der Waals surface area contributed by atoms with Gasteiger partial charge in [0.2, 0.25) is 0 Å². The minimum absolute atomic E-state index is 0.124. The summed E-state index contributed by atoms with van der Waals surface area (Å²) >= 11 is 0. The van der Waals surface area contributed by atoms with Gasteiger partial charge in [0.15, 0.2) is 9.84 Å². The van der Waals surface area contributed by atoms with Crippen LogP contribution in [0.1, 0.15) is 26.7 Å². The molecule has 1 aromatic rings. The minimum atomic E-state index is -3.22. The molecule has 0 heterocycles. The SMILES string of the molecule is [CH2]CS(=O)(=O)c1ccc(OCC(CC)CC)cc1. The summed E-state index contributed by atoms with van der Waals surface area (Å²) < 4.78 is 28.8. The van der Waals surface area contributed by atoms with Crippen LogP contribution in [0.5, 0.6) is 5.75 Å². The number of rotatable bonds is 7. The van der Waals surface area contributed by atoms with E-state index in [9.17, 15) is 8.42 Å². The van der Waals surface area contributed by atoms with Crippen molar-refractivity contribution in [2.75, 3.05) is 12.4 Å². The van der Waals surface area contributed by atoms with Crippen molar-refractivity contribution in [2.45, 2.75) is 31.6 Å². The first-order valence-corrected chi connectivity index (χ1v) is 7.93. The molecule has 0 aliphatic rings. The smallest absolute Gasteiger partial charge is 0.178 e. The van der Waals surface area contributed by atoms with Crippen LogP contribution in [-0.2, 0) is 9.84 Å². The zero-order valence-electron chi connectivity index (χ0n) is 11.1. The summed E-state index contributed by atoms with van der Waals surface area (Å²) in [7, 11) is -3.22. The molecule has 1 aromatic carbocycles. The average Bonchev–Trinajstić information content (AvgIpc) is 2.40. The zero-order valence-corrected chi connectivity index (χ0v) is 11.9. The quantitative estimate of drug-likeness (QED) is 0.764. The van der Waals surface area contributed by atoms with Crippen molar-refractivity contribution in [3.8, 4) is 5.75 Å². The lowest BCUT2D eigenvalue weighted by atomic mass is 10.1. The van der Waals surface area contributed by atoms with Gasteiger partial charge in [-0.3, -0.25) is 0 Å². The lowest BCUT2D eigenvalue weighted by Gasteiger charge is -2.13. The fraction of sp³-hybridized carbons (Fsp3) is 0.500. The van der Waals surface area contributed by atoms with Crippen LogP contribution in [0.3, 0.4) is 0 Å². The highest BCUT2D eigenvalue weighted by atomic mass is 32.2. The highest BCUT2D eigenvalue weighted by Gasteiger charge is 2.11. The molecule has 0 bridgehead atoms. The molecular weight excluding hydrogens is 248 g/mol. The largest absolute Gasteiger partial charge is 0.493 e. The molecule has 1 rings (SSSR count). The van der Waals surface area contributed by atoms with Crippen LogP contribution in [0.2, 0.25) is 0 Å². The summed E-state index contributed by atoms with van der Waals surface area (Å²) in [6, 6.07) is 6.54. The highest BCUT2D eigenvalue weighted by Crippen LogP contribution is 2.18. The van der Waals surface area contributed by atoms with Gasteiger partial charge in [0.05, 0.1) is 17.3 Å². The molecule has 0 spiro atoms. The van der Waals surface area contributed by atoms with Gasteiger partial charge in [-0.25, -0.2) is 8.42 Å². The van der Waals surface area contributed by atoms with Gasteiger partial charge in [-0.2, -0.15) is 0 Å². The molecule has 0 saturated heterocycles. The Hall–Kier alpha value is -1.03. The van der Waals surface area contributed by atoms with E-state index in [1.165, 1.54) is 0 Å². The number of hydrogen-bond acceptors (Lipinski definition) is 3. The number of sulfone groups is 1. The maximum atomic E-state index is 11.6. The van der Waals surface area contributed by atoms with E-state index in [1.54, 1.807) is 24.3 Å². The summed E-state index contributed by atoms with van der Waals surface area (Å²) in [6.07, 6.45) is 2.18. The normalized spacial score (nSPS) is 11.8. The van der Waals surface area contributed by atoms with Crippen LogP contribution in [0, 0.1) is 12.8 Å². The third kappa shape index (κ3) is 4.02. The maximum absolute atomic E-state index is 11.6. The summed E-state index contributed by atoms with van der Waals surface area (Å²) in [5.41, 5.74) is 0. The molecule has 0 fully saturated rings. The molecule has 0 saturated carbocycles. The van der Waals surface area contributed by atoms with E-state index < -0.39 is 9.84 Å². The van der Waals surface area contributed by atoms with Crippen molar-refractivity contribution in [3.05, 3.63) is 31.2 Å². The molecule has 0 unspecified atom stereocenters. The monoisotopic (exact) mass is 269 g/mol. The van der Waals surface area contributed by atoms with Crippen LogP contribution in [0.25, 0.3) is 0 Å². The molecule has 4 heteroatoms. The lowest BCUT2D eigenvalue weighted by molar-refractivity contribution is 0.240. The Kier molecular flexibility index (Phi) is 5.66. The molecule has 101 valence electrons. The van der Waals surface area contributed by atoms with E-state index in [0.717, 1.165) is 12.8 Å². The van der Waals surface area contributed by atoms with Crippen LogP contribution >= 0.6 is 0 Å². The maximum Gasteiger partial charge on any atom is 0.178 e. The first-order chi connectivity index (χ1) is 8.53. The van der Waals surface area contributed by atoms with Gasteiger partial charge in [0, 0.05) is 0 Å². The van der Waals surface area contributed by atoms with Crippen molar-refractivity contribution in [1.82, 2.24) is 0 Å². The predicted molar refractivity (Wildman–Crippen MR) is 73.4 cm³/mol.